The zero-order valence-corrected chi connectivity index (χ0v) is 11.7. The van der Waals surface area contributed by atoms with E-state index < -0.39 is 0 Å². The molecule has 0 radical (unpaired) electrons. The number of nitrogens with one attached hydrogen (secondary N) is 1. The van der Waals surface area contributed by atoms with Crippen LogP contribution in [0, 0.1) is 5.41 Å². The van der Waals surface area contributed by atoms with Crippen LogP contribution in [0.3, 0.4) is 0 Å². The van der Waals surface area contributed by atoms with E-state index in [1.54, 1.807) is 0 Å². The molecule has 2 unspecified atom stereocenters. The van der Waals surface area contributed by atoms with Crippen LogP contribution in [0.25, 0.3) is 0 Å². The van der Waals surface area contributed by atoms with E-state index in [0.717, 1.165) is 19.6 Å². The first-order valence-corrected chi connectivity index (χ1v) is 6.80. The molecule has 0 amide bonds. The van der Waals surface area contributed by atoms with Gasteiger partial charge in [-0.3, -0.25) is 5.41 Å². The zero-order valence-electron chi connectivity index (χ0n) is 11.7. The van der Waals surface area contributed by atoms with Gasteiger partial charge in [-0.05, 0) is 31.5 Å². The summed E-state index contributed by atoms with van der Waals surface area (Å²) in [5, 5.41) is 7.37. The number of nitrogens with two attached hydrogens (primary N) is 1. The Balaban J connectivity index is 2.02. The summed E-state index contributed by atoms with van der Waals surface area (Å²) in [6, 6.07) is 8.75. The molecule has 0 saturated carbocycles. The summed E-state index contributed by atoms with van der Waals surface area (Å²) >= 11 is 0. The van der Waals surface area contributed by atoms with Gasteiger partial charge in [0.1, 0.15) is 0 Å². The molecule has 0 saturated heterocycles. The van der Waals surface area contributed by atoms with Gasteiger partial charge in [-0.25, -0.2) is 0 Å². The van der Waals surface area contributed by atoms with E-state index in [4.69, 9.17) is 15.9 Å². The predicted octanol–water partition coefficient (Wildman–Crippen LogP) is 1.95. The molecule has 1 heterocycles. The van der Waals surface area contributed by atoms with Crippen molar-refractivity contribution >= 4 is 5.84 Å². The van der Waals surface area contributed by atoms with Crippen molar-refractivity contribution in [1.82, 2.24) is 4.90 Å². The Hall–Kier alpha value is -1.39. The van der Waals surface area contributed by atoms with Crippen molar-refractivity contribution in [1.29, 1.82) is 5.41 Å². The summed E-state index contributed by atoms with van der Waals surface area (Å²) in [5.41, 5.74) is 8.16. The van der Waals surface area contributed by atoms with Crippen LogP contribution in [0.15, 0.2) is 24.3 Å². The minimum Gasteiger partial charge on any atom is -0.388 e. The standard InChI is InChI=1S/C15H23N3O/c1-11(9-15(16)17)18(2)10-14-13-6-4-3-5-12(13)7-8-19-14/h3-6,11,14H,7-10H2,1-2H3,(H3,16,17). The fourth-order valence-corrected chi connectivity index (χ4v) is 2.54. The highest BCUT2D eigenvalue weighted by Gasteiger charge is 2.23. The Morgan fingerprint density at radius 2 is 2.26 bits per heavy atom. The first-order valence-electron chi connectivity index (χ1n) is 6.80. The molecular formula is C15H23N3O. The normalized spacial score (nSPS) is 20.1. The zero-order chi connectivity index (χ0) is 13.8. The van der Waals surface area contributed by atoms with Gasteiger partial charge < -0.3 is 15.4 Å². The van der Waals surface area contributed by atoms with E-state index in [-0.39, 0.29) is 18.0 Å². The lowest BCUT2D eigenvalue weighted by atomic mass is 9.97. The third-order valence-electron chi connectivity index (χ3n) is 3.81. The van der Waals surface area contributed by atoms with Crippen molar-refractivity contribution in [2.75, 3.05) is 20.2 Å². The van der Waals surface area contributed by atoms with Gasteiger partial charge in [0.15, 0.2) is 0 Å². The van der Waals surface area contributed by atoms with Crippen molar-refractivity contribution in [3.63, 3.8) is 0 Å². The minimum atomic E-state index is 0.129. The Kier molecular flexibility index (Phi) is 4.56. The van der Waals surface area contributed by atoms with Crippen LogP contribution in [-0.4, -0.2) is 37.0 Å². The average molecular weight is 261 g/mol. The summed E-state index contributed by atoms with van der Waals surface area (Å²) < 4.78 is 5.90. The first kappa shape index (κ1) is 14.0. The lowest BCUT2D eigenvalue weighted by Crippen LogP contribution is -2.37. The van der Waals surface area contributed by atoms with Gasteiger partial charge in [-0.1, -0.05) is 24.3 Å². The summed E-state index contributed by atoms with van der Waals surface area (Å²) in [5.74, 6) is 0.240. The van der Waals surface area contributed by atoms with Crippen LogP contribution >= 0.6 is 0 Å². The van der Waals surface area contributed by atoms with Gasteiger partial charge in [-0.15, -0.1) is 0 Å². The molecule has 1 aliphatic rings. The van der Waals surface area contributed by atoms with Crippen LogP contribution in [0.5, 0.6) is 0 Å². The SMILES string of the molecule is CC(CC(=N)N)N(C)CC1OCCc2ccccc21. The van der Waals surface area contributed by atoms with E-state index in [2.05, 4.69) is 43.1 Å². The average Bonchev–Trinajstić information content (AvgIpc) is 2.38. The van der Waals surface area contributed by atoms with E-state index in [1.165, 1.54) is 11.1 Å². The highest BCUT2D eigenvalue weighted by atomic mass is 16.5. The van der Waals surface area contributed by atoms with Crippen molar-refractivity contribution in [2.24, 2.45) is 5.73 Å². The molecule has 0 bridgehead atoms. The second kappa shape index (κ2) is 6.17. The van der Waals surface area contributed by atoms with Crippen molar-refractivity contribution < 1.29 is 4.74 Å². The molecule has 0 spiro atoms. The number of rotatable bonds is 5. The topological polar surface area (TPSA) is 62.3 Å². The highest BCUT2D eigenvalue weighted by molar-refractivity contribution is 5.77. The Bertz CT molecular complexity index is 447. The van der Waals surface area contributed by atoms with E-state index in [9.17, 15) is 0 Å². The highest BCUT2D eigenvalue weighted by Crippen LogP contribution is 2.27. The molecule has 0 aliphatic carbocycles. The number of nitrogens with zero attached hydrogens (tertiary/aromatic N) is 1. The second-order valence-electron chi connectivity index (χ2n) is 5.33. The van der Waals surface area contributed by atoms with Crippen molar-refractivity contribution in [2.45, 2.75) is 31.9 Å². The van der Waals surface area contributed by atoms with Gasteiger partial charge in [0.05, 0.1) is 18.5 Å². The molecule has 1 aromatic carbocycles. The molecule has 3 N–H and O–H groups in total. The molecular weight excluding hydrogens is 238 g/mol. The van der Waals surface area contributed by atoms with Crippen LogP contribution < -0.4 is 5.73 Å². The van der Waals surface area contributed by atoms with Crippen LogP contribution in [0.4, 0.5) is 0 Å². The molecule has 4 nitrogen and oxygen atoms in total. The van der Waals surface area contributed by atoms with Crippen molar-refractivity contribution in [3.05, 3.63) is 35.4 Å². The smallest absolute Gasteiger partial charge is 0.0954 e. The fraction of sp³-hybridized carbons (Fsp3) is 0.533. The van der Waals surface area contributed by atoms with E-state index >= 15 is 0 Å². The molecule has 2 atom stereocenters. The van der Waals surface area contributed by atoms with E-state index in [1.807, 2.05) is 0 Å². The second-order valence-corrected chi connectivity index (χ2v) is 5.33. The summed E-state index contributed by atoms with van der Waals surface area (Å²) in [6.07, 6.45) is 1.73. The predicted molar refractivity (Wildman–Crippen MR) is 77.5 cm³/mol. The number of hydrogen-bond acceptors (Lipinski definition) is 3. The lowest BCUT2D eigenvalue weighted by Gasteiger charge is -2.32. The van der Waals surface area contributed by atoms with Crippen molar-refractivity contribution in [3.8, 4) is 0 Å². The summed E-state index contributed by atoms with van der Waals surface area (Å²) in [7, 11) is 2.06. The number of likely N-dealkylation sites (N-methyl/N-ethyl adjacent to an activating group) is 1. The number of ether oxygens (including phenoxy) is 1. The molecule has 4 heteroatoms. The Labute approximate surface area is 115 Å². The number of benzene rings is 1. The quantitative estimate of drug-likeness (QED) is 0.629. The number of fused-ring (bicyclic) bond motifs is 1. The van der Waals surface area contributed by atoms with Crippen LogP contribution in [-0.2, 0) is 11.2 Å². The molecule has 0 fully saturated rings. The largest absolute Gasteiger partial charge is 0.388 e. The van der Waals surface area contributed by atoms with Crippen LogP contribution in [0.2, 0.25) is 0 Å². The maximum absolute atomic E-state index is 7.37. The Morgan fingerprint density at radius 1 is 1.53 bits per heavy atom. The summed E-state index contributed by atoms with van der Waals surface area (Å²) in [6.45, 7) is 3.72. The fourth-order valence-electron chi connectivity index (χ4n) is 2.54. The monoisotopic (exact) mass is 261 g/mol. The molecule has 2 rings (SSSR count). The van der Waals surface area contributed by atoms with Crippen LogP contribution in [0.1, 0.15) is 30.6 Å². The van der Waals surface area contributed by atoms with Gasteiger partial charge in [-0.2, -0.15) is 0 Å². The summed E-state index contributed by atoms with van der Waals surface area (Å²) in [4.78, 5) is 2.22. The maximum Gasteiger partial charge on any atom is 0.0954 e. The van der Waals surface area contributed by atoms with Gasteiger partial charge in [0.2, 0.25) is 0 Å². The molecule has 19 heavy (non-hydrogen) atoms. The number of hydrogen-bond donors (Lipinski definition) is 2. The third-order valence-corrected chi connectivity index (χ3v) is 3.81. The molecule has 104 valence electrons. The van der Waals surface area contributed by atoms with Gasteiger partial charge >= 0.3 is 0 Å². The maximum atomic E-state index is 7.37. The Morgan fingerprint density at radius 3 is 3.00 bits per heavy atom. The molecule has 1 aliphatic heterocycles. The van der Waals surface area contributed by atoms with Gasteiger partial charge in [0.25, 0.3) is 0 Å². The first-order chi connectivity index (χ1) is 9.08. The third kappa shape index (κ3) is 3.55. The number of amidine groups is 1. The lowest BCUT2D eigenvalue weighted by molar-refractivity contribution is 0.0147. The molecule has 1 aromatic rings. The van der Waals surface area contributed by atoms with Gasteiger partial charge in [0, 0.05) is 19.0 Å². The molecule has 0 aromatic heterocycles. The minimum absolute atomic E-state index is 0.129. The van der Waals surface area contributed by atoms with E-state index in [0.29, 0.717) is 6.42 Å².